The van der Waals surface area contributed by atoms with Gasteiger partial charge in [-0.15, -0.1) is 10.2 Å². The summed E-state index contributed by atoms with van der Waals surface area (Å²) in [5, 5.41) is 12.6. The standard InChI is InChI=1S/C22H32N4OS/c1-15-8-6-7-9-18(15)23-19(27)14-28-21-25-24-20(26(21)5)16-10-12-17(13-11-16)22(2,3)4/h10-13,15,18H,6-9,14H2,1-5H3,(H,23,27)/t15-,18+/m1/s1. The zero-order valence-corrected chi connectivity index (χ0v) is 18.5. The second-order valence-electron chi connectivity index (χ2n) is 8.92. The lowest BCUT2D eigenvalue weighted by Crippen LogP contribution is -2.41. The van der Waals surface area contributed by atoms with E-state index in [0.29, 0.717) is 17.7 Å². The largest absolute Gasteiger partial charge is 0.352 e. The molecule has 1 aliphatic rings. The molecule has 1 N–H and O–H groups in total. The summed E-state index contributed by atoms with van der Waals surface area (Å²) in [6.07, 6.45) is 4.79. The molecule has 1 fully saturated rings. The van der Waals surface area contributed by atoms with Crippen molar-refractivity contribution in [2.24, 2.45) is 13.0 Å². The lowest BCUT2D eigenvalue weighted by Gasteiger charge is -2.29. The molecule has 1 saturated carbocycles. The molecule has 3 rings (SSSR count). The third kappa shape index (κ3) is 4.96. The highest BCUT2D eigenvalue weighted by molar-refractivity contribution is 7.99. The molecule has 0 unspecified atom stereocenters. The molecule has 1 amide bonds. The molecular weight excluding hydrogens is 368 g/mol. The Hall–Kier alpha value is -1.82. The smallest absolute Gasteiger partial charge is 0.230 e. The number of nitrogens with one attached hydrogen (secondary N) is 1. The Balaban J connectivity index is 1.61. The highest BCUT2D eigenvalue weighted by atomic mass is 32.2. The molecule has 152 valence electrons. The molecule has 28 heavy (non-hydrogen) atoms. The normalized spacial score (nSPS) is 20.2. The van der Waals surface area contributed by atoms with Gasteiger partial charge in [0.15, 0.2) is 11.0 Å². The third-order valence-corrected chi connectivity index (χ3v) is 6.65. The monoisotopic (exact) mass is 400 g/mol. The van der Waals surface area contributed by atoms with E-state index >= 15 is 0 Å². The minimum absolute atomic E-state index is 0.0860. The Morgan fingerprint density at radius 3 is 2.50 bits per heavy atom. The second kappa shape index (κ2) is 8.68. The maximum atomic E-state index is 12.4. The van der Waals surface area contributed by atoms with Crippen LogP contribution in [0.1, 0.15) is 58.9 Å². The van der Waals surface area contributed by atoms with Gasteiger partial charge in [-0.1, -0.05) is 76.6 Å². The van der Waals surface area contributed by atoms with Crippen molar-refractivity contribution in [2.75, 3.05) is 5.75 Å². The van der Waals surface area contributed by atoms with Gasteiger partial charge in [0, 0.05) is 18.7 Å². The molecule has 1 aromatic carbocycles. The molecule has 0 bridgehead atoms. The summed E-state index contributed by atoms with van der Waals surface area (Å²) in [6, 6.07) is 8.80. The topological polar surface area (TPSA) is 59.8 Å². The molecule has 5 nitrogen and oxygen atoms in total. The molecule has 0 spiro atoms. The first-order chi connectivity index (χ1) is 13.3. The lowest BCUT2D eigenvalue weighted by molar-refractivity contribution is -0.119. The fourth-order valence-electron chi connectivity index (χ4n) is 3.72. The summed E-state index contributed by atoms with van der Waals surface area (Å²) in [7, 11) is 1.95. The fourth-order valence-corrected chi connectivity index (χ4v) is 4.44. The van der Waals surface area contributed by atoms with Crippen molar-refractivity contribution < 1.29 is 4.79 Å². The predicted molar refractivity (Wildman–Crippen MR) is 115 cm³/mol. The summed E-state index contributed by atoms with van der Waals surface area (Å²) in [6.45, 7) is 8.85. The van der Waals surface area contributed by atoms with E-state index in [4.69, 9.17) is 0 Å². The van der Waals surface area contributed by atoms with Gasteiger partial charge in [-0.25, -0.2) is 0 Å². The third-order valence-electron chi connectivity index (χ3n) is 5.63. The maximum Gasteiger partial charge on any atom is 0.230 e. The van der Waals surface area contributed by atoms with Gasteiger partial charge in [0.1, 0.15) is 0 Å². The van der Waals surface area contributed by atoms with Gasteiger partial charge in [-0.3, -0.25) is 4.79 Å². The number of hydrogen-bond donors (Lipinski definition) is 1. The van der Waals surface area contributed by atoms with Crippen molar-refractivity contribution in [1.29, 1.82) is 0 Å². The molecule has 2 atom stereocenters. The minimum atomic E-state index is 0.0860. The van der Waals surface area contributed by atoms with Crippen LogP contribution in [0.15, 0.2) is 29.4 Å². The first-order valence-electron chi connectivity index (χ1n) is 10.2. The van der Waals surface area contributed by atoms with Crippen LogP contribution in [-0.2, 0) is 17.3 Å². The van der Waals surface area contributed by atoms with Gasteiger partial charge < -0.3 is 9.88 Å². The second-order valence-corrected chi connectivity index (χ2v) is 9.86. The van der Waals surface area contributed by atoms with Crippen LogP contribution < -0.4 is 5.32 Å². The molecule has 0 radical (unpaired) electrons. The molecular formula is C22H32N4OS. The van der Waals surface area contributed by atoms with Gasteiger partial charge >= 0.3 is 0 Å². The number of benzene rings is 1. The maximum absolute atomic E-state index is 12.4. The van der Waals surface area contributed by atoms with Crippen LogP contribution in [0, 0.1) is 5.92 Å². The van der Waals surface area contributed by atoms with Gasteiger partial charge in [-0.2, -0.15) is 0 Å². The van der Waals surface area contributed by atoms with E-state index in [1.165, 1.54) is 36.6 Å². The van der Waals surface area contributed by atoms with Crippen molar-refractivity contribution in [3.63, 3.8) is 0 Å². The molecule has 0 aliphatic heterocycles. The Bertz CT molecular complexity index is 807. The van der Waals surface area contributed by atoms with E-state index in [1.54, 1.807) is 0 Å². The Morgan fingerprint density at radius 2 is 1.86 bits per heavy atom. The van der Waals surface area contributed by atoms with Crippen LogP contribution >= 0.6 is 11.8 Å². The first-order valence-corrected chi connectivity index (χ1v) is 11.2. The van der Waals surface area contributed by atoms with Crippen molar-refractivity contribution in [3.05, 3.63) is 29.8 Å². The van der Waals surface area contributed by atoms with Crippen LogP contribution in [0.4, 0.5) is 0 Å². The van der Waals surface area contributed by atoms with Crippen LogP contribution in [0.25, 0.3) is 11.4 Å². The summed E-state index contributed by atoms with van der Waals surface area (Å²) >= 11 is 1.45. The van der Waals surface area contributed by atoms with Crippen LogP contribution in [0.5, 0.6) is 0 Å². The average Bonchev–Trinajstić information content (AvgIpc) is 3.02. The summed E-state index contributed by atoms with van der Waals surface area (Å²) < 4.78 is 1.97. The lowest BCUT2D eigenvalue weighted by atomic mass is 9.86. The van der Waals surface area contributed by atoms with E-state index < -0.39 is 0 Å². The number of amides is 1. The zero-order chi connectivity index (χ0) is 20.3. The van der Waals surface area contributed by atoms with Gasteiger partial charge in [0.25, 0.3) is 0 Å². The number of nitrogens with zero attached hydrogens (tertiary/aromatic N) is 3. The van der Waals surface area contributed by atoms with Crippen LogP contribution in [0.2, 0.25) is 0 Å². The Kier molecular flexibility index (Phi) is 6.48. The first kappa shape index (κ1) is 20.9. The predicted octanol–water partition coefficient (Wildman–Crippen LogP) is 4.57. The molecule has 6 heteroatoms. The summed E-state index contributed by atoms with van der Waals surface area (Å²) in [5.74, 6) is 1.85. The highest BCUT2D eigenvalue weighted by Crippen LogP contribution is 2.27. The SMILES string of the molecule is C[C@@H]1CCCC[C@@H]1NC(=O)CSc1nnc(-c2ccc(C(C)(C)C)cc2)n1C. The van der Waals surface area contributed by atoms with E-state index in [-0.39, 0.29) is 11.3 Å². The van der Waals surface area contributed by atoms with Gasteiger partial charge in [0.2, 0.25) is 5.91 Å². The Morgan fingerprint density at radius 1 is 1.18 bits per heavy atom. The summed E-state index contributed by atoms with van der Waals surface area (Å²) in [5.41, 5.74) is 2.46. The summed E-state index contributed by atoms with van der Waals surface area (Å²) in [4.78, 5) is 12.4. The Labute approximate surface area is 172 Å². The number of aromatic nitrogens is 3. The zero-order valence-electron chi connectivity index (χ0n) is 17.7. The molecule has 0 saturated heterocycles. The van der Waals surface area contributed by atoms with Gasteiger partial charge in [-0.05, 0) is 29.7 Å². The number of carbonyl (C=O) groups excluding carboxylic acids is 1. The molecule has 1 aromatic heterocycles. The minimum Gasteiger partial charge on any atom is -0.352 e. The molecule has 1 aliphatic carbocycles. The van der Waals surface area contributed by atoms with Crippen molar-refractivity contribution in [1.82, 2.24) is 20.1 Å². The molecule has 1 heterocycles. The fraction of sp³-hybridized carbons (Fsp3) is 0.591. The number of rotatable bonds is 5. The highest BCUT2D eigenvalue weighted by Gasteiger charge is 2.23. The molecule has 2 aromatic rings. The van der Waals surface area contributed by atoms with Crippen LogP contribution in [-0.4, -0.2) is 32.5 Å². The van der Waals surface area contributed by atoms with Crippen molar-refractivity contribution >= 4 is 17.7 Å². The number of carbonyl (C=O) groups is 1. The van der Waals surface area contributed by atoms with Gasteiger partial charge in [0.05, 0.1) is 5.75 Å². The van der Waals surface area contributed by atoms with Crippen LogP contribution in [0.3, 0.4) is 0 Å². The van der Waals surface area contributed by atoms with E-state index in [9.17, 15) is 4.79 Å². The number of hydrogen-bond acceptors (Lipinski definition) is 4. The quantitative estimate of drug-likeness (QED) is 0.747. The number of thioether (sulfide) groups is 1. The average molecular weight is 401 g/mol. The van der Waals surface area contributed by atoms with Crippen molar-refractivity contribution in [3.8, 4) is 11.4 Å². The van der Waals surface area contributed by atoms with E-state index in [1.807, 2.05) is 11.6 Å². The van der Waals surface area contributed by atoms with Crippen molar-refractivity contribution in [2.45, 2.75) is 70.0 Å². The van der Waals surface area contributed by atoms with E-state index in [2.05, 4.69) is 67.5 Å². The van der Waals surface area contributed by atoms with E-state index in [0.717, 1.165) is 23.0 Å².